The van der Waals surface area contributed by atoms with Crippen molar-refractivity contribution < 1.29 is 4.74 Å². The number of nitrogens with zero attached hydrogens (tertiary/aromatic N) is 2. The molecule has 3 rings (SSSR count). The largest absolute Gasteiger partial charge is 0.493 e. The van der Waals surface area contributed by atoms with Crippen LogP contribution in [-0.2, 0) is 6.54 Å². The molecule has 1 aromatic rings. The van der Waals surface area contributed by atoms with Crippen molar-refractivity contribution in [1.29, 1.82) is 0 Å². The summed E-state index contributed by atoms with van der Waals surface area (Å²) in [5, 5.41) is 8.28. The van der Waals surface area contributed by atoms with Crippen molar-refractivity contribution in [3.63, 3.8) is 0 Å². The van der Waals surface area contributed by atoms with Gasteiger partial charge in [-0.2, -0.15) is 5.10 Å². The summed E-state index contributed by atoms with van der Waals surface area (Å²) in [7, 11) is 1.77. The molecule has 0 radical (unpaired) electrons. The van der Waals surface area contributed by atoms with Gasteiger partial charge in [0.15, 0.2) is 5.75 Å². The number of aromatic nitrogens is 2. The van der Waals surface area contributed by atoms with Crippen LogP contribution >= 0.6 is 0 Å². The van der Waals surface area contributed by atoms with Gasteiger partial charge in [0.25, 0.3) is 0 Å². The average molecular weight is 291 g/mol. The SMILES string of the molecule is CCn1ncc(OC)c1C1CCCCCC1CNC1CC1. The first-order valence-electron chi connectivity index (χ1n) is 8.66. The van der Waals surface area contributed by atoms with Gasteiger partial charge in [-0.15, -0.1) is 0 Å². The molecule has 2 saturated carbocycles. The number of hydrogen-bond acceptors (Lipinski definition) is 3. The molecule has 1 N–H and O–H groups in total. The minimum atomic E-state index is 0.594. The predicted octanol–water partition coefficient (Wildman–Crippen LogP) is 3.33. The molecule has 2 atom stereocenters. The first-order valence-corrected chi connectivity index (χ1v) is 8.66. The number of aryl methyl sites for hydroxylation is 1. The van der Waals surface area contributed by atoms with E-state index in [0.29, 0.717) is 5.92 Å². The molecule has 2 aliphatic carbocycles. The fourth-order valence-electron chi connectivity index (χ4n) is 3.76. The maximum Gasteiger partial charge on any atom is 0.160 e. The summed E-state index contributed by atoms with van der Waals surface area (Å²) in [5.74, 6) is 2.31. The summed E-state index contributed by atoms with van der Waals surface area (Å²) in [5.41, 5.74) is 1.34. The zero-order chi connectivity index (χ0) is 14.7. The Kier molecular flexibility index (Phi) is 4.84. The normalized spacial score (nSPS) is 26.6. The third-order valence-electron chi connectivity index (χ3n) is 5.12. The van der Waals surface area contributed by atoms with Crippen molar-refractivity contribution in [3.05, 3.63) is 11.9 Å². The van der Waals surface area contributed by atoms with Crippen LogP contribution in [-0.4, -0.2) is 29.5 Å². The van der Waals surface area contributed by atoms with E-state index in [1.54, 1.807) is 7.11 Å². The first-order chi connectivity index (χ1) is 10.3. The Labute approximate surface area is 128 Å². The number of nitrogens with one attached hydrogen (secondary N) is 1. The van der Waals surface area contributed by atoms with Gasteiger partial charge in [0.05, 0.1) is 19.0 Å². The van der Waals surface area contributed by atoms with E-state index in [1.165, 1.54) is 50.6 Å². The molecule has 2 aliphatic rings. The Bertz CT molecular complexity index is 431. The van der Waals surface area contributed by atoms with Crippen molar-refractivity contribution in [2.24, 2.45) is 5.92 Å². The third-order valence-corrected chi connectivity index (χ3v) is 5.12. The fraction of sp³-hybridized carbons (Fsp3) is 0.824. The Balaban J connectivity index is 1.81. The maximum atomic E-state index is 5.60. The first kappa shape index (κ1) is 14.9. The highest BCUT2D eigenvalue weighted by Crippen LogP contribution is 2.40. The van der Waals surface area contributed by atoms with Crippen LogP contribution < -0.4 is 10.1 Å². The van der Waals surface area contributed by atoms with E-state index in [1.807, 2.05) is 6.20 Å². The zero-order valence-corrected chi connectivity index (χ0v) is 13.5. The quantitative estimate of drug-likeness (QED) is 0.817. The molecule has 0 bridgehead atoms. The van der Waals surface area contributed by atoms with Crippen LogP contribution in [0.2, 0.25) is 0 Å². The summed E-state index contributed by atoms with van der Waals surface area (Å²) in [4.78, 5) is 0. The number of methoxy groups -OCH3 is 1. The smallest absolute Gasteiger partial charge is 0.160 e. The van der Waals surface area contributed by atoms with Gasteiger partial charge in [0.1, 0.15) is 0 Å². The third kappa shape index (κ3) is 3.42. The van der Waals surface area contributed by atoms with Gasteiger partial charge in [0, 0.05) is 18.5 Å². The topological polar surface area (TPSA) is 39.1 Å². The van der Waals surface area contributed by atoms with Crippen molar-refractivity contribution >= 4 is 0 Å². The lowest BCUT2D eigenvalue weighted by atomic mass is 9.84. The molecular weight excluding hydrogens is 262 g/mol. The highest BCUT2D eigenvalue weighted by molar-refractivity contribution is 5.29. The predicted molar refractivity (Wildman–Crippen MR) is 84.8 cm³/mol. The zero-order valence-electron chi connectivity index (χ0n) is 13.5. The van der Waals surface area contributed by atoms with E-state index >= 15 is 0 Å². The second kappa shape index (κ2) is 6.82. The highest BCUT2D eigenvalue weighted by Gasteiger charge is 2.32. The number of hydrogen-bond donors (Lipinski definition) is 1. The molecule has 2 unspecified atom stereocenters. The Hall–Kier alpha value is -1.03. The summed E-state index contributed by atoms with van der Waals surface area (Å²) in [6.45, 7) is 4.26. The lowest BCUT2D eigenvalue weighted by Gasteiger charge is -2.27. The minimum Gasteiger partial charge on any atom is -0.493 e. The van der Waals surface area contributed by atoms with Crippen molar-refractivity contribution in [3.8, 4) is 5.75 Å². The van der Waals surface area contributed by atoms with Crippen molar-refractivity contribution in [1.82, 2.24) is 15.1 Å². The van der Waals surface area contributed by atoms with Gasteiger partial charge >= 0.3 is 0 Å². The molecule has 118 valence electrons. The molecule has 21 heavy (non-hydrogen) atoms. The Morgan fingerprint density at radius 3 is 2.76 bits per heavy atom. The summed E-state index contributed by atoms with van der Waals surface area (Å²) in [6, 6.07) is 0.798. The van der Waals surface area contributed by atoms with Crippen molar-refractivity contribution in [2.75, 3.05) is 13.7 Å². The van der Waals surface area contributed by atoms with Crippen LogP contribution in [0, 0.1) is 5.92 Å². The molecule has 1 heterocycles. The minimum absolute atomic E-state index is 0.594. The fourth-order valence-corrected chi connectivity index (χ4v) is 3.76. The monoisotopic (exact) mass is 291 g/mol. The second-order valence-corrected chi connectivity index (χ2v) is 6.60. The number of ether oxygens (including phenoxy) is 1. The van der Waals surface area contributed by atoms with Gasteiger partial charge in [0.2, 0.25) is 0 Å². The van der Waals surface area contributed by atoms with E-state index in [4.69, 9.17) is 4.74 Å². The van der Waals surface area contributed by atoms with Crippen LogP contribution in [0.4, 0.5) is 0 Å². The number of rotatable bonds is 6. The van der Waals surface area contributed by atoms with E-state index in [2.05, 4.69) is 22.0 Å². The van der Waals surface area contributed by atoms with Crippen LogP contribution in [0.5, 0.6) is 5.75 Å². The molecule has 0 aromatic carbocycles. The summed E-state index contributed by atoms with van der Waals surface area (Å²) in [6.07, 6.45) is 11.3. The van der Waals surface area contributed by atoms with Crippen LogP contribution in [0.25, 0.3) is 0 Å². The molecule has 2 fully saturated rings. The molecule has 0 spiro atoms. The Morgan fingerprint density at radius 1 is 1.24 bits per heavy atom. The standard InChI is InChI=1S/C17H29N3O/c1-3-20-17(16(21-2)12-19-20)15-8-6-4-5-7-13(15)11-18-14-9-10-14/h12-15,18H,3-11H2,1-2H3. The average Bonchev–Trinajstić information content (AvgIpc) is 3.28. The van der Waals surface area contributed by atoms with Gasteiger partial charge in [-0.1, -0.05) is 19.3 Å². The van der Waals surface area contributed by atoms with Crippen molar-refractivity contribution in [2.45, 2.75) is 70.4 Å². The van der Waals surface area contributed by atoms with Crippen LogP contribution in [0.15, 0.2) is 6.20 Å². The molecule has 0 aliphatic heterocycles. The van der Waals surface area contributed by atoms with E-state index in [9.17, 15) is 0 Å². The van der Waals surface area contributed by atoms with Crippen LogP contribution in [0.1, 0.15) is 63.5 Å². The summed E-state index contributed by atoms with van der Waals surface area (Å²) >= 11 is 0. The van der Waals surface area contributed by atoms with E-state index in [0.717, 1.165) is 30.8 Å². The lowest BCUT2D eigenvalue weighted by molar-refractivity contribution is 0.338. The Morgan fingerprint density at radius 2 is 2.05 bits per heavy atom. The molecule has 1 aromatic heterocycles. The molecule has 4 heteroatoms. The van der Waals surface area contributed by atoms with Gasteiger partial charge < -0.3 is 10.1 Å². The lowest BCUT2D eigenvalue weighted by Crippen LogP contribution is -2.29. The molecule has 0 saturated heterocycles. The second-order valence-electron chi connectivity index (χ2n) is 6.60. The van der Waals surface area contributed by atoms with Gasteiger partial charge in [-0.3, -0.25) is 4.68 Å². The van der Waals surface area contributed by atoms with E-state index in [-0.39, 0.29) is 0 Å². The highest BCUT2D eigenvalue weighted by atomic mass is 16.5. The molecular formula is C17H29N3O. The molecule has 0 amide bonds. The van der Waals surface area contributed by atoms with E-state index < -0.39 is 0 Å². The van der Waals surface area contributed by atoms with Gasteiger partial charge in [-0.05, 0) is 45.1 Å². The molecule has 4 nitrogen and oxygen atoms in total. The van der Waals surface area contributed by atoms with Crippen LogP contribution in [0.3, 0.4) is 0 Å². The van der Waals surface area contributed by atoms with Gasteiger partial charge in [-0.25, -0.2) is 0 Å². The maximum absolute atomic E-state index is 5.60. The summed E-state index contributed by atoms with van der Waals surface area (Å²) < 4.78 is 7.76.